The fourth-order valence-electron chi connectivity index (χ4n) is 0.926. The molecule has 0 aliphatic rings. The summed E-state index contributed by atoms with van der Waals surface area (Å²) in [7, 11) is 0.980. The molecule has 0 aromatic heterocycles. The highest BCUT2D eigenvalue weighted by molar-refractivity contribution is 7.90. The first-order valence-electron chi connectivity index (χ1n) is 3.89. The molecule has 0 aliphatic heterocycles. The SMILES string of the molecule is CN(C)CC(N)CCS(C)(=O)=O. The van der Waals surface area contributed by atoms with Crippen LogP contribution in [-0.4, -0.2) is 52.0 Å². The van der Waals surface area contributed by atoms with Crippen LogP contribution in [0.3, 0.4) is 0 Å². The van der Waals surface area contributed by atoms with Crippen molar-refractivity contribution in [3.05, 3.63) is 0 Å². The zero-order valence-corrected chi connectivity index (χ0v) is 8.76. The van der Waals surface area contributed by atoms with Crippen molar-refractivity contribution in [2.24, 2.45) is 5.73 Å². The average molecular weight is 194 g/mol. The number of sulfone groups is 1. The second-order valence-corrected chi connectivity index (χ2v) is 5.70. The predicted molar refractivity (Wildman–Crippen MR) is 50.9 cm³/mol. The van der Waals surface area contributed by atoms with Crippen LogP contribution in [0.1, 0.15) is 6.42 Å². The number of rotatable bonds is 5. The lowest BCUT2D eigenvalue weighted by Gasteiger charge is -2.15. The Morgan fingerprint density at radius 1 is 1.42 bits per heavy atom. The molecule has 0 saturated heterocycles. The van der Waals surface area contributed by atoms with E-state index < -0.39 is 9.84 Å². The van der Waals surface area contributed by atoms with Gasteiger partial charge in [-0.2, -0.15) is 0 Å². The van der Waals surface area contributed by atoms with E-state index in [1.807, 2.05) is 19.0 Å². The first-order valence-corrected chi connectivity index (χ1v) is 5.95. The zero-order valence-electron chi connectivity index (χ0n) is 7.95. The lowest BCUT2D eigenvalue weighted by Crippen LogP contribution is -2.34. The Labute approximate surface area is 74.7 Å². The molecule has 1 atom stereocenters. The molecule has 5 heteroatoms. The lowest BCUT2D eigenvalue weighted by molar-refractivity contribution is 0.368. The molecule has 0 fully saturated rings. The number of hydrogen-bond donors (Lipinski definition) is 1. The second-order valence-electron chi connectivity index (χ2n) is 3.44. The molecule has 0 aromatic rings. The van der Waals surface area contributed by atoms with Crippen molar-refractivity contribution in [2.75, 3.05) is 32.6 Å². The third-order valence-electron chi connectivity index (χ3n) is 1.46. The predicted octanol–water partition coefficient (Wildman–Crippen LogP) is -0.690. The summed E-state index contributed by atoms with van der Waals surface area (Å²) >= 11 is 0. The van der Waals surface area contributed by atoms with Gasteiger partial charge in [0, 0.05) is 18.8 Å². The van der Waals surface area contributed by atoms with Crippen LogP contribution >= 0.6 is 0 Å². The van der Waals surface area contributed by atoms with Crippen LogP contribution in [0.15, 0.2) is 0 Å². The van der Waals surface area contributed by atoms with Gasteiger partial charge in [-0.05, 0) is 20.5 Å². The Kier molecular flexibility index (Phi) is 4.74. The van der Waals surface area contributed by atoms with Crippen LogP contribution in [0.2, 0.25) is 0 Å². The van der Waals surface area contributed by atoms with E-state index in [2.05, 4.69) is 0 Å². The molecule has 12 heavy (non-hydrogen) atoms. The Morgan fingerprint density at radius 2 is 1.92 bits per heavy atom. The highest BCUT2D eigenvalue weighted by Gasteiger charge is 2.08. The van der Waals surface area contributed by atoms with Crippen LogP contribution in [0.5, 0.6) is 0 Å². The van der Waals surface area contributed by atoms with Crippen molar-refractivity contribution < 1.29 is 8.42 Å². The molecule has 2 N–H and O–H groups in total. The van der Waals surface area contributed by atoms with Crippen molar-refractivity contribution in [3.63, 3.8) is 0 Å². The van der Waals surface area contributed by atoms with E-state index in [0.29, 0.717) is 6.42 Å². The lowest BCUT2D eigenvalue weighted by atomic mass is 10.2. The standard InChI is InChI=1S/C7H18N2O2S/c1-9(2)6-7(8)4-5-12(3,10)11/h7H,4-6,8H2,1-3H3. The Morgan fingerprint density at radius 3 is 2.25 bits per heavy atom. The van der Waals surface area contributed by atoms with E-state index in [1.165, 1.54) is 6.26 Å². The molecule has 4 nitrogen and oxygen atoms in total. The summed E-state index contributed by atoms with van der Waals surface area (Å²) in [6.45, 7) is 0.732. The maximum Gasteiger partial charge on any atom is 0.147 e. The van der Waals surface area contributed by atoms with E-state index in [1.54, 1.807) is 0 Å². The molecule has 0 heterocycles. The normalized spacial score (nSPS) is 15.1. The summed E-state index contributed by atoms with van der Waals surface area (Å²) in [6, 6.07) is -0.0466. The van der Waals surface area contributed by atoms with Gasteiger partial charge in [0.25, 0.3) is 0 Å². The monoisotopic (exact) mass is 194 g/mol. The summed E-state index contributed by atoms with van der Waals surface area (Å²) in [6.07, 6.45) is 1.77. The van der Waals surface area contributed by atoms with Crippen LogP contribution in [0.4, 0.5) is 0 Å². The van der Waals surface area contributed by atoms with Gasteiger partial charge in [-0.1, -0.05) is 0 Å². The highest BCUT2D eigenvalue weighted by atomic mass is 32.2. The molecule has 1 unspecified atom stereocenters. The van der Waals surface area contributed by atoms with Crippen molar-refractivity contribution in [3.8, 4) is 0 Å². The van der Waals surface area contributed by atoms with Gasteiger partial charge in [-0.15, -0.1) is 0 Å². The highest BCUT2D eigenvalue weighted by Crippen LogP contribution is 1.94. The third-order valence-corrected chi connectivity index (χ3v) is 2.44. The molecule has 0 aromatic carbocycles. The molecule has 0 saturated carbocycles. The molecule has 0 spiro atoms. The minimum Gasteiger partial charge on any atom is -0.327 e. The Bertz CT molecular complexity index is 211. The van der Waals surface area contributed by atoms with Crippen LogP contribution < -0.4 is 5.73 Å². The van der Waals surface area contributed by atoms with Gasteiger partial charge in [0.05, 0.1) is 5.75 Å². The third kappa shape index (κ3) is 7.97. The van der Waals surface area contributed by atoms with Crippen LogP contribution in [0, 0.1) is 0 Å². The van der Waals surface area contributed by atoms with Gasteiger partial charge in [0.15, 0.2) is 0 Å². The number of likely N-dealkylation sites (N-methyl/N-ethyl adjacent to an activating group) is 1. The minimum atomic E-state index is -2.85. The first-order chi connectivity index (χ1) is 5.31. The summed E-state index contributed by atoms with van der Waals surface area (Å²) in [5.41, 5.74) is 5.68. The van der Waals surface area contributed by atoms with Crippen LogP contribution in [-0.2, 0) is 9.84 Å². The van der Waals surface area contributed by atoms with Gasteiger partial charge in [0.1, 0.15) is 9.84 Å². The van der Waals surface area contributed by atoms with E-state index in [9.17, 15) is 8.42 Å². The van der Waals surface area contributed by atoms with Gasteiger partial charge < -0.3 is 10.6 Å². The zero-order chi connectivity index (χ0) is 9.78. The van der Waals surface area contributed by atoms with Crippen molar-refractivity contribution in [2.45, 2.75) is 12.5 Å². The molecule has 0 amide bonds. The summed E-state index contributed by atoms with van der Waals surface area (Å²) in [5, 5.41) is 0. The molecule has 0 aliphatic carbocycles. The average Bonchev–Trinajstić information content (AvgIpc) is 1.80. The van der Waals surface area contributed by atoms with Crippen LogP contribution in [0.25, 0.3) is 0 Å². The second kappa shape index (κ2) is 4.79. The first kappa shape index (κ1) is 11.9. The molecule has 74 valence electrons. The Balaban J connectivity index is 3.65. The fraction of sp³-hybridized carbons (Fsp3) is 1.00. The molecule has 0 radical (unpaired) electrons. The fourth-order valence-corrected chi connectivity index (χ4v) is 1.66. The van der Waals surface area contributed by atoms with E-state index >= 15 is 0 Å². The maximum atomic E-state index is 10.8. The molecule has 0 rings (SSSR count). The van der Waals surface area contributed by atoms with Crippen molar-refractivity contribution in [1.29, 1.82) is 0 Å². The molecular formula is C7H18N2O2S. The number of hydrogen-bond acceptors (Lipinski definition) is 4. The van der Waals surface area contributed by atoms with E-state index in [0.717, 1.165) is 6.54 Å². The number of nitrogens with zero attached hydrogens (tertiary/aromatic N) is 1. The number of nitrogens with two attached hydrogens (primary N) is 1. The van der Waals surface area contributed by atoms with Crippen molar-refractivity contribution >= 4 is 9.84 Å². The summed E-state index contributed by atoms with van der Waals surface area (Å²) in [4.78, 5) is 1.95. The van der Waals surface area contributed by atoms with Gasteiger partial charge in [-0.25, -0.2) is 8.42 Å². The molecule has 0 bridgehead atoms. The van der Waals surface area contributed by atoms with Crippen molar-refractivity contribution in [1.82, 2.24) is 4.90 Å². The van der Waals surface area contributed by atoms with E-state index in [4.69, 9.17) is 5.73 Å². The largest absolute Gasteiger partial charge is 0.327 e. The quantitative estimate of drug-likeness (QED) is 0.629. The maximum absolute atomic E-state index is 10.8. The van der Waals surface area contributed by atoms with Gasteiger partial charge in [0.2, 0.25) is 0 Å². The Hall–Kier alpha value is -0.130. The minimum absolute atomic E-state index is 0.0466. The van der Waals surface area contributed by atoms with Gasteiger partial charge >= 0.3 is 0 Å². The van der Waals surface area contributed by atoms with E-state index in [-0.39, 0.29) is 11.8 Å². The molecular weight excluding hydrogens is 176 g/mol. The summed E-state index contributed by atoms with van der Waals surface area (Å²) in [5.74, 6) is 0.183. The summed E-state index contributed by atoms with van der Waals surface area (Å²) < 4.78 is 21.5. The van der Waals surface area contributed by atoms with Gasteiger partial charge in [-0.3, -0.25) is 0 Å². The smallest absolute Gasteiger partial charge is 0.147 e. The topological polar surface area (TPSA) is 63.4 Å².